The van der Waals surface area contributed by atoms with Crippen LogP contribution < -0.4 is 5.43 Å². The minimum absolute atomic E-state index is 0.0271. The largest absolute Gasteiger partial charge is 0.461 e. The summed E-state index contributed by atoms with van der Waals surface area (Å²) < 4.78 is 4.88. The van der Waals surface area contributed by atoms with Gasteiger partial charge in [-0.1, -0.05) is 30.3 Å². The van der Waals surface area contributed by atoms with E-state index in [0.29, 0.717) is 0 Å². The second-order valence-corrected chi connectivity index (χ2v) is 5.05. The molecule has 0 saturated carbocycles. The van der Waals surface area contributed by atoms with E-state index >= 15 is 0 Å². The van der Waals surface area contributed by atoms with Gasteiger partial charge in [-0.2, -0.15) is 5.10 Å². The van der Waals surface area contributed by atoms with Gasteiger partial charge in [0.2, 0.25) is 5.91 Å². The van der Waals surface area contributed by atoms with Crippen LogP contribution in [0.3, 0.4) is 0 Å². The highest BCUT2D eigenvalue weighted by Crippen LogP contribution is 2.27. The van der Waals surface area contributed by atoms with E-state index in [0.717, 1.165) is 10.5 Å². The monoisotopic (exact) mass is 301 g/mol. The number of hydrogen-bond acceptors (Lipinski definition) is 6. The Morgan fingerprint density at radius 1 is 1.27 bits per heavy atom. The van der Waals surface area contributed by atoms with E-state index in [-0.39, 0.29) is 24.8 Å². The van der Waals surface area contributed by atoms with Crippen LogP contribution in [0.15, 0.2) is 35.4 Å². The molecule has 0 radical (unpaired) electrons. The van der Waals surface area contributed by atoms with Crippen LogP contribution in [0.4, 0.5) is 0 Å². The van der Waals surface area contributed by atoms with Gasteiger partial charge in [0.1, 0.15) is 12.0 Å². The third kappa shape index (κ3) is 2.24. The highest BCUT2D eigenvalue weighted by atomic mass is 16.5. The summed E-state index contributed by atoms with van der Waals surface area (Å²) in [6, 6.07) is 8.40. The lowest BCUT2D eigenvalue weighted by Gasteiger charge is -2.15. The van der Waals surface area contributed by atoms with Crippen molar-refractivity contribution in [3.05, 3.63) is 35.9 Å². The molecule has 2 atom stereocenters. The van der Waals surface area contributed by atoms with Crippen LogP contribution in [0.25, 0.3) is 0 Å². The summed E-state index contributed by atoms with van der Waals surface area (Å²) in [5.41, 5.74) is 3.40. The number of nitrogens with zero attached hydrogens (tertiary/aromatic N) is 2. The molecule has 0 bridgehead atoms. The molecular formula is C15H15N3O4. The minimum atomic E-state index is -0.893. The topological polar surface area (TPSA) is 88.1 Å². The molecule has 0 aliphatic carbocycles. The number of hydrazone groups is 1. The fourth-order valence-corrected chi connectivity index (χ4v) is 2.64. The van der Waals surface area contributed by atoms with Crippen LogP contribution in [0.1, 0.15) is 12.5 Å². The number of fused-ring (bicyclic) bond motifs is 1. The lowest BCUT2D eigenvalue weighted by molar-refractivity contribution is -0.141. The molecule has 1 saturated heterocycles. The first-order valence-corrected chi connectivity index (χ1v) is 7.03. The highest BCUT2D eigenvalue weighted by Gasteiger charge is 2.55. The van der Waals surface area contributed by atoms with E-state index in [9.17, 15) is 14.4 Å². The van der Waals surface area contributed by atoms with Crippen molar-refractivity contribution in [2.24, 2.45) is 11.0 Å². The van der Waals surface area contributed by atoms with E-state index in [1.807, 2.05) is 30.3 Å². The van der Waals surface area contributed by atoms with Gasteiger partial charge in [-0.3, -0.25) is 19.9 Å². The Balaban J connectivity index is 1.80. The van der Waals surface area contributed by atoms with Crippen LogP contribution in [-0.2, 0) is 25.7 Å². The number of carbonyl (C=O) groups is 3. The summed E-state index contributed by atoms with van der Waals surface area (Å²) in [4.78, 5) is 37.8. The molecule has 1 aromatic carbocycles. The van der Waals surface area contributed by atoms with Crippen LogP contribution in [0.5, 0.6) is 0 Å². The Morgan fingerprint density at radius 3 is 2.68 bits per heavy atom. The second kappa shape index (κ2) is 5.59. The van der Waals surface area contributed by atoms with Crippen molar-refractivity contribution in [2.75, 3.05) is 6.61 Å². The number of esters is 1. The zero-order valence-corrected chi connectivity index (χ0v) is 12.0. The van der Waals surface area contributed by atoms with Gasteiger partial charge >= 0.3 is 5.97 Å². The first-order valence-electron chi connectivity index (χ1n) is 7.03. The Labute approximate surface area is 126 Å². The van der Waals surface area contributed by atoms with Gasteiger partial charge < -0.3 is 4.74 Å². The van der Waals surface area contributed by atoms with Gasteiger partial charge in [-0.15, -0.1) is 0 Å². The predicted molar refractivity (Wildman–Crippen MR) is 76.5 cm³/mol. The minimum Gasteiger partial charge on any atom is -0.461 e. The number of amides is 2. The van der Waals surface area contributed by atoms with Crippen LogP contribution in [-0.4, -0.2) is 41.0 Å². The van der Waals surface area contributed by atoms with Crippen molar-refractivity contribution < 1.29 is 19.1 Å². The summed E-state index contributed by atoms with van der Waals surface area (Å²) >= 11 is 0. The lowest BCUT2D eigenvalue weighted by atomic mass is 9.99. The maximum absolute atomic E-state index is 12.5. The number of benzene rings is 1. The third-order valence-corrected chi connectivity index (χ3v) is 3.68. The first kappa shape index (κ1) is 14.2. The molecule has 0 unspecified atom stereocenters. The van der Waals surface area contributed by atoms with E-state index in [1.54, 1.807) is 6.92 Å². The number of hydrogen-bond donors (Lipinski definition) is 1. The number of imide groups is 1. The average Bonchev–Trinajstić information content (AvgIpc) is 3.05. The average molecular weight is 301 g/mol. The molecule has 1 fully saturated rings. The molecule has 22 heavy (non-hydrogen) atoms. The van der Waals surface area contributed by atoms with Gasteiger partial charge in [0, 0.05) is 0 Å². The molecule has 0 spiro atoms. The Hall–Kier alpha value is -2.70. The molecule has 2 aliphatic heterocycles. The number of likely N-dealkylation sites (tertiary alicyclic amines) is 1. The number of nitrogens with one attached hydrogen (secondary N) is 1. The van der Waals surface area contributed by atoms with Gasteiger partial charge in [-0.25, -0.2) is 4.79 Å². The third-order valence-electron chi connectivity index (χ3n) is 3.68. The maximum atomic E-state index is 12.5. The lowest BCUT2D eigenvalue weighted by Crippen LogP contribution is -2.35. The van der Waals surface area contributed by atoms with Crippen LogP contribution in [0, 0.1) is 5.92 Å². The summed E-state index contributed by atoms with van der Waals surface area (Å²) in [7, 11) is 0. The fourth-order valence-electron chi connectivity index (χ4n) is 2.64. The van der Waals surface area contributed by atoms with Crippen LogP contribution >= 0.6 is 0 Å². The fraction of sp³-hybridized carbons (Fsp3) is 0.333. The standard InChI is InChI=1S/C15H15N3O4/c1-2-22-15(21)12-10-11(16-17-12)14(20)18(13(10)19)8-9-6-4-3-5-7-9/h3-7,10-11,16H,2,8H2,1H3/t10-,11+/m1/s1. The smallest absolute Gasteiger partial charge is 0.355 e. The van der Waals surface area contributed by atoms with E-state index in [4.69, 9.17) is 4.74 Å². The molecule has 7 heteroatoms. The van der Waals surface area contributed by atoms with Crippen molar-refractivity contribution in [1.82, 2.24) is 10.3 Å². The molecule has 114 valence electrons. The predicted octanol–water partition coefficient (Wildman–Crippen LogP) is 0.0625. The first-order chi connectivity index (χ1) is 10.6. The zero-order chi connectivity index (χ0) is 15.7. The summed E-state index contributed by atoms with van der Waals surface area (Å²) in [5, 5.41) is 3.80. The van der Waals surface area contributed by atoms with E-state index in [1.165, 1.54) is 0 Å². The van der Waals surface area contributed by atoms with Crippen LogP contribution in [0.2, 0.25) is 0 Å². The summed E-state index contributed by atoms with van der Waals surface area (Å²) in [5.74, 6) is -2.35. The SMILES string of the molecule is CCOC(=O)C1=NN[C@@H]2C(=O)N(Cc3ccccc3)C(=O)[C@@H]12. The van der Waals surface area contributed by atoms with Gasteiger partial charge in [0.25, 0.3) is 5.91 Å². The molecule has 1 N–H and O–H groups in total. The van der Waals surface area contributed by atoms with Crippen molar-refractivity contribution in [2.45, 2.75) is 19.5 Å². The highest BCUT2D eigenvalue weighted by molar-refractivity contribution is 6.43. The molecule has 0 aromatic heterocycles. The van der Waals surface area contributed by atoms with Gasteiger partial charge in [0.05, 0.1) is 13.2 Å². The Bertz CT molecular complexity index is 656. The van der Waals surface area contributed by atoms with Crippen molar-refractivity contribution in [1.29, 1.82) is 0 Å². The molecule has 1 aromatic rings. The molecule has 2 heterocycles. The number of ether oxygens (including phenoxy) is 1. The van der Waals surface area contributed by atoms with E-state index < -0.39 is 23.8 Å². The Morgan fingerprint density at radius 2 is 2.00 bits per heavy atom. The summed E-state index contributed by atoms with van der Waals surface area (Å²) in [6.07, 6.45) is 0. The normalized spacial score (nSPS) is 23.1. The van der Waals surface area contributed by atoms with Crippen molar-refractivity contribution in [3.63, 3.8) is 0 Å². The quantitative estimate of drug-likeness (QED) is 0.628. The molecule has 2 aliphatic rings. The Kier molecular flexibility index (Phi) is 3.62. The van der Waals surface area contributed by atoms with E-state index in [2.05, 4.69) is 10.5 Å². The summed E-state index contributed by atoms with van der Waals surface area (Å²) in [6.45, 7) is 2.04. The second-order valence-electron chi connectivity index (χ2n) is 5.05. The molecule has 2 amide bonds. The molecular weight excluding hydrogens is 286 g/mol. The van der Waals surface area contributed by atoms with Gasteiger partial charge in [0.15, 0.2) is 5.71 Å². The number of carbonyl (C=O) groups excluding carboxylic acids is 3. The zero-order valence-electron chi connectivity index (χ0n) is 12.0. The van der Waals surface area contributed by atoms with Gasteiger partial charge in [-0.05, 0) is 12.5 Å². The number of rotatable bonds is 4. The maximum Gasteiger partial charge on any atom is 0.355 e. The van der Waals surface area contributed by atoms with Crippen molar-refractivity contribution in [3.8, 4) is 0 Å². The van der Waals surface area contributed by atoms with Crippen molar-refractivity contribution >= 4 is 23.5 Å². The molecule has 7 nitrogen and oxygen atoms in total. The molecule has 3 rings (SSSR count).